The fourth-order valence-corrected chi connectivity index (χ4v) is 3.40. The number of carbonyl (C=O) groups is 2. The van der Waals surface area contributed by atoms with E-state index in [2.05, 4.69) is 15.4 Å². The molecule has 7 nitrogen and oxygen atoms in total. The summed E-state index contributed by atoms with van der Waals surface area (Å²) in [4.78, 5) is 36.6. The molecule has 2 N–H and O–H groups in total. The van der Waals surface area contributed by atoms with Crippen LogP contribution in [0.25, 0.3) is 0 Å². The van der Waals surface area contributed by atoms with Crippen molar-refractivity contribution in [1.29, 1.82) is 0 Å². The molecule has 0 unspecified atom stereocenters. The molecule has 28 heavy (non-hydrogen) atoms. The Morgan fingerprint density at radius 3 is 2.68 bits per heavy atom. The molecule has 0 saturated carbocycles. The zero-order valence-corrected chi connectivity index (χ0v) is 16.0. The number of piperidine rings is 1. The molecule has 0 radical (unpaired) electrons. The van der Waals surface area contributed by atoms with E-state index in [4.69, 9.17) is 4.42 Å². The number of amides is 1. The monoisotopic (exact) mass is 384 g/mol. The molecule has 2 aromatic rings. The Bertz CT molecular complexity index is 929. The molecule has 1 aliphatic heterocycles. The molecule has 1 amide bonds. The molecule has 0 bridgehead atoms. The van der Waals surface area contributed by atoms with Gasteiger partial charge in [0.05, 0.1) is 13.5 Å². The van der Waals surface area contributed by atoms with Gasteiger partial charge in [0.25, 0.3) is 5.91 Å². The minimum atomic E-state index is -0.628. The lowest BCUT2D eigenvalue weighted by Crippen LogP contribution is -2.28. The van der Waals surface area contributed by atoms with E-state index in [0.717, 1.165) is 25.9 Å². The lowest BCUT2D eigenvalue weighted by atomic mass is 9.94. The molecule has 148 valence electrons. The van der Waals surface area contributed by atoms with E-state index in [0.29, 0.717) is 22.6 Å². The second-order valence-electron chi connectivity index (χ2n) is 6.93. The summed E-state index contributed by atoms with van der Waals surface area (Å²) in [6.45, 7) is 3.51. The highest BCUT2D eigenvalue weighted by molar-refractivity contribution is 6.05. The van der Waals surface area contributed by atoms with Crippen LogP contribution in [-0.2, 0) is 16.0 Å². The summed E-state index contributed by atoms with van der Waals surface area (Å²) >= 11 is 0. The van der Waals surface area contributed by atoms with Gasteiger partial charge >= 0.3 is 11.6 Å². The van der Waals surface area contributed by atoms with E-state index in [1.807, 2.05) is 0 Å². The van der Waals surface area contributed by atoms with Crippen molar-refractivity contribution in [3.8, 4) is 0 Å². The minimum absolute atomic E-state index is 0.00365. The highest BCUT2D eigenvalue weighted by Gasteiger charge is 2.22. The van der Waals surface area contributed by atoms with E-state index in [1.165, 1.54) is 7.11 Å². The first-order valence-electron chi connectivity index (χ1n) is 9.30. The zero-order chi connectivity index (χ0) is 20.1. The quantitative estimate of drug-likeness (QED) is 0.768. The lowest BCUT2D eigenvalue weighted by molar-refractivity contribution is -0.139. The van der Waals surface area contributed by atoms with Crippen LogP contribution in [0.3, 0.4) is 0 Å². The van der Waals surface area contributed by atoms with E-state index < -0.39 is 11.5 Å². The van der Waals surface area contributed by atoms with Gasteiger partial charge in [-0.2, -0.15) is 0 Å². The fourth-order valence-electron chi connectivity index (χ4n) is 3.40. The normalized spacial score (nSPS) is 14.5. The Labute approximate surface area is 163 Å². The zero-order valence-electron chi connectivity index (χ0n) is 16.0. The number of aryl methyl sites for hydroxylation is 1. The summed E-state index contributed by atoms with van der Waals surface area (Å²) in [5.74, 6) is -0.0628. The van der Waals surface area contributed by atoms with Crippen LogP contribution in [0.5, 0.6) is 0 Å². The Balaban J connectivity index is 1.78. The van der Waals surface area contributed by atoms with Crippen LogP contribution >= 0.6 is 0 Å². The number of anilines is 1. The molecular weight excluding hydrogens is 360 g/mol. The van der Waals surface area contributed by atoms with Gasteiger partial charge in [-0.25, -0.2) is 4.79 Å². The van der Waals surface area contributed by atoms with Crippen LogP contribution in [-0.4, -0.2) is 32.1 Å². The summed E-state index contributed by atoms with van der Waals surface area (Å²) in [5.41, 5.74) is 1.16. The van der Waals surface area contributed by atoms with Crippen molar-refractivity contribution in [2.24, 2.45) is 0 Å². The van der Waals surface area contributed by atoms with Crippen LogP contribution in [0.4, 0.5) is 5.69 Å². The number of carbonyl (C=O) groups excluding carboxylic acids is 2. The number of hydrogen-bond donors (Lipinski definition) is 2. The van der Waals surface area contributed by atoms with E-state index >= 15 is 0 Å². The van der Waals surface area contributed by atoms with Crippen molar-refractivity contribution in [1.82, 2.24) is 5.32 Å². The number of esters is 1. The van der Waals surface area contributed by atoms with Gasteiger partial charge in [-0.1, -0.05) is 12.1 Å². The number of nitrogens with one attached hydrogen (secondary N) is 2. The molecule has 3 rings (SSSR count). The number of ether oxygens (including phenoxy) is 1. The van der Waals surface area contributed by atoms with Crippen molar-refractivity contribution < 1.29 is 18.7 Å². The predicted molar refractivity (Wildman–Crippen MR) is 105 cm³/mol. The molecular formula is C21H24N2O5. The highest BCUT2D eigenvalue weighted by Crippen LogP contribution is 2.25. The van der Waals surface area contributed by atoms with E-state index in [1.54, 1.807) is 37.3 Å². The largest absolute Gasteiger partial charge is 0.469 e. The molecule has 1 aromatic heterocycles. The first-order chi connectivity index (χ1) is 13.5. The van der Waals surface area contributed by atoms with Crippen LogP contribution < -0.4 is 16.3 Å². The maximum absolute atomic E-state index is 12.7. The van der Waals surface area contributed by atoms with Crippen molar-refractivity contribution in [2.45, 2.75) is 32.1 Å². The lowest BCUT2D eigenvalue weighted by Gasteiger charge is -2.22. The molecule has 1 fully saturated rings. The maximum atomic E-state index is 12.7. The fraction of sp³-hybridized carbons (Fsp3) is 0.381. The summed E-state index contributed by atoms with van der Waals surface area (Å²) in [6, 6.07) is 8.65. The van der Waals surface area contributed by atoms with Crippen LogP contribution in [0, 0.1) is 6.92 Å². The van der Waals surface area contributed by atoms with Gasteiger partial charge in [-0.3, -0.25) is 9.59 Å². The first kappa shape index (κ1) is 19.8. The average molecular weight is 384 g/mol. The topological polar surface area (TPSA) is 97.6 Å². The van der Waals surface area contributed by atoms with Gasteiger partial charge in [-0.05, 0) is 62.2 Å². The van der Waals surface area contributed by atoms with Gasteiger partial charge in [0.2, 0.25) is 0 Å². The van der Waals surface area contributed by atoms with Crippen molar-refractivity contribution in [3.05, 3.63) is 63.2 Å². The smallest absolute Gasteiger partial charge is 0.349 e. The number of methoxy groups -OCH3 is 1. The third-order valence-electron chi connectivity index (χ3n) is 4.90. The second-order valence-corrected chi connectivity index (χ2v) is 6.93. The van der Waals surface area contributed by atoms with Crippen molar-refractivity contribution >= 4 is 17.6 Å². The van der Waals surface area contributed by atoms with Gasteiger partial charge in [0.1, 0.15) is 11.3 Å². The van der Waals surface area contributed by atoms with Crippen LogP contribution in [0.2, 0.25) is 0 Å². The molecule has 1 aromatic carbocycles. The number of hydrogen-bond acceptors (Lipinski definition) is 6. The predicted octanol–water partition coefficient (Wildman–Crippen LogP) is 2.38. The first-order valence-corrected chi connectivity index (χ1v) is 9.30. The third-order valence-corrected chi connectivity index (χ3v) is 4.90. The van der Waals surface area contributed by atoms with Crippen molar-refractivity contribution in [3.63, 3.8) is 0 Å². The minimum Gasteiger partial charge on any atom is -0.469 e. The summed E-state index contributed by atoms with van der Waals surface area (Å²) in [7, 11) is 1.32. The molecule has 1 aliphatic rings. The van der Waals surface area contributed by atoms with Gasteiger partial charge in [0, 0.05) is 11.6 Å². The third kappa shape index (κ3) is 4.67. The Morgan fingerprint density at radius 2 is 2.00 bits per heavy atom. The molecule has 0 spiro atoms. The average Bonchev–Trinajstić information content (AvgIpc) is 2.68. The van der Waals surface area contributed by atoms with E-state index in [-0.39, 0.29) is 23.9 Å². The van der Waals surface area contributed by atoms with Gasteiger partial charge in [0.15, 0.2) is 0 Å². The van der Waals surface area contributed by atoms with Gasteiger partial charge < -0.3 is 19.8 Å². The number of rotatable bonds is 5. The molecule has 1 saturated heterocycles. The summed E-state index contributed by atoms with van der Waals surface area (Å²) in [6.07, 6.45) is 1.91. The summed E-state index contributed by atoms with van der Waals surface area (Å²) < 4.78 is 10.1. The highest BCUT2D eigenvalue weighted by atomic mass is 16.5. The summed E-state index contributed by atoms with van der Waals surface area (Å²) in [5, 5.41) is 5.99. The SMILES string of the molecule is COC(=O)Cc1cccc(NC(=O)c2c(C)cc(C3CCNCC3)oc2=O)c1. The molecule has 0 aliphatic carbocycles. The van der Waals surface area contributed by atoms with Gasteiger partial charge in [-0.15, -0.1) is 0 Å². The Hall–Kier alpha value is -2.93. The Kier molecular flexibility index (Phi) is 6.26. The van der Waals surface area contributed by atoms with Crippen molar-refractivity contribution in [2.75, 3.05) is 25.5 Å². The molecule has 0 atom stereocenters. The second kappa shape index (κ2) is 8.84. The molecule has 7 heteroatoms. The maximum Gasteiger partial charge on any atom is 0.349 e. The standard InChI is InChI=1S/C21H24N2O5/c1-13-10-17(15-6-8-22-9-7-15)28-21(26)19(13)20(25)23-16-5-3-4-14(11-16)12-18(24)27-2/h3-5,10-11,15,22H,6-9,12H2,1-2H3,(H,23,25). The Morgan fingerprint density at radius 1 is 1.25 bits per heavy atom. The van der Waals surface area contributed by atoms with Crippen LogP contribution in [0.1, 0.15) is 46.0 Å². The molecule has 2 heterocycles. The van der Waals surface area contributed by atoms with E-state index in [9.17, 15) is 14.4 Å². The van der Waals surface area contributed by atoms with Crippen LogP contribution in [0.15, 0.2) is 39.5 Å². The number of benzene rings is 1.